The summed E-state index contributed by atoms with van der Waals surface area (Å²) < 4.78 is 0. The molecule has 0 aromatic heterocycles. The first-order chi connectivity index (χ1) is 12.4. The summed E-state index contributed by atoms with van der Waals surface area (Å²) in [7, 11) is 0. The fourth-order valence-corrected chi connectivity index (χ4v) is 2.91. The van der Waals surface area contributed by atoms with Crippen LogP contribution < -0.4 is 10.6 Å². The van der Waals surface area contributed by atoms with E-state index in [2.05, 4.69) is 0 Å². The number of aromatic carboxylic acids is 1. The second-order valence-electron chi connectivity index (χ2n) is 5.81. The lowest BCUT2D eigenvalue weighted by molar-refractivity contribution is 0.0696. The van der Waals surface area contributed by atoms with Crippen LogP contribution in [0.4, 0.5) is 11.4 Å². The Morgan fingerprint density at radius 3 is 2.31 bits per heavy atom. The molecule has 0 spiro atoms. The van der Waals surface area contributed by atoms with Gasteiger partial charge >= 0.3 is 5.97 Å². The largest absolute Gasteiger partial charge is 0.506 e. The van der Waals surface area contributed by atoms with Crippen LogP contribution in [0, 0.1) is 0 Å². The van der Waals surface area contributed by atoms with Gasteiger partial charge in [0.15, 0.2) is 0 Å². The molecule has 3 rings (SSSR count). The second-order valence-corrected chi connectivity index (χ2v) is 5.81. The molecular formula is C20H18N2O4. The number of carbonyl (C=O) groups excluding carboxylic acids is 1. The van der Waals surface area contributed by atoms with E-state index in [0.717, 1.165) is 0 Å². The van der Waals surface area contributed by atoms with Crippen molar-refractivity contribution in [1.29, 1.82) is 0 Å². The Kier molecular flexibility index (Phi) is 4.49. The molecule has 0 atom stereocenters. The number of aromatic hydroxyl groups is 1. The van der Waals surface area contributed by atoms with Gasteiger partial charge in [0, 0.05) is 28.7 Å². The SMILES string of the molecule is CCN(C(=O)c1ccc2c(N)cccc2c1O)c1ccc(C(=O)O)cc1. The molecule has 0 saturated carbocycles. The number of phenolic OH excluding ortho intramolecular Hbond substituents is 1. The maximum absolute atomic E-state index is 13.0. The first-order valence-electron chi connectivity index (χ1n) is 8.09. The number of rotatable bonds is 4. The topological polar surface area (TPSA) is 104 Å². The molecule has 0 heterocycles. The number of carboxylic acids is 1. The molecule has 26 heavy (non-hydrogen) atoms. The third-order valence-electron chi connectivity index (χ3n) is 4.28. The number of carboxylic acid groups (broad SMARTS) is 1. The molecule has 0 saturated heterocycles. The lowest BCUT2D eigenvalue weighted by atomic mass is 10.0. The molecule has 0 bridgehead atoms. The highest BCUT2D eigenvalue weighted by atomic mass is 16.4. The number of nitrogens with zero attached hydrogens (tertiary/aromatic N) is 1. The number of amides is 1. The number of anilines is 2. The van der Waals surface area contributed by atoms with Gasteiger partial charge in [0.1, 0.15) is 5.75 Å². The lowest BCUT2D eigenvalue weighted by Crippen LogP contribution is -2.30. The van der Waals surface area contributed by atoms with E-state index in [0.29, 0.717) is 28.7 Å². The van der Waals surface area contributed by atoms with Crippen LogP contribution in [0.5, 0.6) is 5.75 Å². The monoisotopic (exact) mass is 350 g/mol. The summed E-state index contributed by atoms with van der Waals surface area (Å²) in [6.07, 6.45) is 0. The zero-order valence-corrected chi connectivity index (χ0v) is 14.1. The van der Waals surface area contributed by atoms with Crippen molar-refractivity contribution in [2.45, 2.75) is 6.92 Å². The molecule has 3 aromatic carbocycles. The first-order valence-corrected chi connectivity index (χ1v) is 8.09. The average molecular weight is 350 g/mol. The van der Waals surface area contributed by atoms with Gasteiger partial charge in [-0.15, -0.1) is 0 Å². The summed E-state index contributed by atoms with van der Waals surface area (Å²) in [4.78, 5) is 25.4. The van der Waals surface area contributed by atoms with Crippen LogP contribution in [0.2, 0.25) is 0 Å². The van der Waals surface area contributed by atoms with Crippen LogP contribution in [0.1, 0.15) is 27.6 Å². The fraction of sp³-hybridized carbons (Fsp3) is 0.100. The highest BCUT2D eigenvalue weighted by Crippen LogP contribution is 2.33. The molecule has 0 unspecified atom stereocenters. The van der Waals surface area contributed by atoms with E-state index in [4.69, 9.17) is 10.8 Å². The van der Waals surface area contributed by atoms with Crippen molar-refractivity contribution in [3.63, 3.8) is 0 Å². The van der Waals surface area contributed by atoms with Crippen LogP contribution in [0.3, 0.4) is 0 Å². The maximum Gasteiger partial charge on any atom is 0.335 e. The minimum Gasteiger partial charge on any atom is -0.506 e. The molecule has 0 aliphatic carbocycles. The number of benzene rings is 3. The summed E-state index contributed by atoms with van der Waals surface area (Å²) in [5.74, 6) is -1.53. The average Bonchev–Trinajstić information content (AvgIpc) is 2.63. The van der Waals surface area contributed by atoms with E-state index in [1.54, 1.807) is 49.4 Å². The summed E-state index contributed by atoms with van der Waals surface area (Å²) in [5.41, 5.74) is 7.28. The van der Waals surface area contributed by atoms with Crippen LogP contribution in [0.25, 0.3) is 10.8 Å². The highest BCUT2D eigenvalue weighted by Gasteiger charge is 2.21. The molecule has 0 fully saturated rings. The minimum absolute atomic E-state index is 0.125. The smallest absolute Gasteiger partial charge is 0.335 e. The van der Waals surface area contributed by atoms with Crippen molar-refractivity contribution in [3.05, 3.63) is 65.7 Å². The van der Waals surface area contributed by atoms with Crippen molar-refractivity contribution in [1.82, 2.24) is 0 Å². The normalized spacial score (nSPS) is 10.7. The fourth-order valence-electron chi connectivity index (χ4n) is 2.91. The quantitative estimate of drug-likeness (QED) is 0.625. The third-order valence-corrected chi connectivity index (χ3v) is 4.28. The van der Waals surface area contributed by atoms with Crippen LogP contribution >= 0.6 is 0 Å². The van der Waals surface area contributed by atoms with Gasteiger partial charge in [0.05, 0.1) is 11.1 Å². The van der Waals surface area contributed by atoms with Crippen molar-refractivity contribution >= 4 is 34.0 Å². The van der Waals surface area contributed by atoms with E-state index in [1.165, 1.54) is 17.0 Å². The van der Waals surface area contributed by atoms with Crippen molar-refractivity contribution < 1.29 is 19.8 Å². The molecule has 6 heteroatoms. The van der Waals surface area contributed by atoms with Crippen molar-refractivity contribution in [2.24, 2.45) is 0 Å². The Hall–Kier alpha value is -3.54. The molecule has 6 nitrogen and oxygen atoms in total. The van der Waals surface area contributed by atoms with Crippen LogP contribution in [0.15, 0.2) is 54.6 Å². The molecule has 132 valence electrons. The molecule has 0 aliphatic heterocycles. The van der Waals surface area contributed by atoms with Gasteiger partial charge < -0.3 is 20.8 Å². The summed E-state index contributed by atoms with van der Waals surface area (Å²) in [6, 6.07) is 14.4. The van der Waals surface area contributed by atoms with Crippen LogP contribution in [-0.4, -0.2) is 28.6 Å². The van der Waals surface area contributed by atoms with Gasteiger partial charge in [-0.05, 0) is 43.3 Å². The molecule has 0 aliphatic rings. The van der Waals surface area contributed by atoms with Gasteiger partial charge in [-0.25, -0.2) is 4.79 Å². The predicted molar refractivity (Wildman–Crippen MR) is 101 cm³/mol. The van der Waals surface area contributed by atoms with E-state index in [9.17, 15) is 14.7 Å². The van der Waals surface area contributed by atoms with E-state index >= 15 is 0 Å². The van der Waals surface area contributed by atoms with Gasteiger partial charge in [-0.3, -0.25) is 4.79 Å². The summed E-state index contributed by atoms with van der Waals surface area (Å²) in [6.45, 7) is 2.17. The minimum atomic E-state index is -1.03. The Morgan fingerprint density at radius 2 is 1.69 bits per heavy atom. The Morgan fingerprint density at radius 1 is 1.00 bits per heavy atom. The van der Waals surface area contributed by atoms with Crippen LogP contribution in [-0.2, 0) is 0 Å². The van der Waals surface area contributed by atoms with Gasteiger partial charge in [-0.1, -0.05) is 18.2 Å². The number of carbonyl (C=O) groups is 2. The number of nitrogens with two attached hydrogens (primary N) is 1. The summed E-state index contributed by atoms with van der Waals surface area (Å²) in [5, 5.41) is 20.7. The number of phenols is 1. The van der Waals surface area contributed by atoms with Gasteiger partial charge in [0.25, 0.3) is 5.91 Å². The van der Waals surface area contributed by atoms with E-state index < -0.39 is 5.97 Å². The Labute approximate surface area is 150 Å². The number of hydrogen-bond donors (Lipinski definition) is 3. The first kappa shape index (κ1) is 17.3. The number of fused-ring (bicyclic) bond motifs is 1. The summed E-state index contributed by atoms with van der Waals surface area (Å²) >= 11 is 0. The maximum atomic E-state index is 13.0. The zero-order chi connectivity index (χ0) is 18.8. The number of nitrogen functional groups attached to an aromatic ring is 1. The molecule has 0 radical (unpaired) electrons. The molecule has 4 N–H and O–H groups in total. The van der Waals surface area contributed by atoms with Crippen molar-refractivity contribution in [3.8, 4) is 5.75 Å². The van der Waals surface area contributed by atoms with E-state index in [-0.39, 0.29) is 22.8 Å². The van der Waals surface area contributed by atoms with Crippen molar-refractivity contribution in [2.75, 3.05) is 17.2 Å². The molecule has 1 amide bonds. The predicted octanol–water partition coefficient (Wildman–Crippen LogP) is 3.49. The molecular weight excluding hydrogens is 332 g/mol. The zero-order valence-electron chi connectivity index (χ0n) is 14.1. The lowest BCUT2D eigenvalue weighted by Gasteiger charge is -2.22. The Balaban J connectivity index is 2.02. The Bertz CT molecular complexity index is 997. The third kappa shape index (κ3) is 2.93. The second kappa shape index (κ2) is 6.76. The van der Waals surface area contributed by atoms with Gasteiger partial charge in [-0.2, -0.15) is 0 Å². The molecule has 3 aromatic rings. The van der Waals surface area contributed by atoms with E-state index in [1.807, 2.05) is 0 Å². The highest BCUT2D eigenvalue weighted by molar-refractivity contribution is 6.12. The van der Waals surface area contributed by atoms with Gasteiger partial charge in [0.2, 0.25) is 0 Å². The standard InChI is InChI=1S/C20H18N2O4/c1-2-22(13-8-6-12(7-9-13)20(25)26)19(24)16-11-10-14-15(18(16)23)4-3-5-17(14)21/h3-11,23H,2,21H2,1H3,(H,25,26). The number of hydrogen-bond acceptors (Lipinski definition) is 4.